The number of nitrogens with one attached hydrogen (secondary N) is 1. The highest BCUT2D eigenvalue weighted by molar-refractivity contribution is 5.98. The Morgan fingerprint density at radius 1 is 0.825 bits per heavy atom. The molecule has 12 heteroatoms. The van der Waals surface area contributed by atoms with Crippen LogP contribution >= 0.6 is 0 Å². The van der Waals surface area contributed by atoms with Crippen LogP contribution in [0, 0.1) is 0 Å². The lowest BCUT2D eigenvalue weighted by Gasteiger charge is -2.11. The van der Waals surface area contributed by atoms with E-state index in [0.717, 1.165) is 0 Å². The van der Waals surface area contributed by atoms with Crippen LogP contribution < -0.4 is 11.1 Å². The molecule has 1 amide bonds. The number of rotatable bonds is 12. The summed E-state index contributed by atoms with van der Waals surface area (Å²) in [5.41, 5.74) is 6.39. The van der Waals surface area contributed by atoms with E-state index < -0.39 is 36.3 Å². The second-order valence-corrected chi connectivity index (χ2v) is 8.40. The van der Waals surface area contributed by atoms with Gasteiger partial charge in [-0.25, -0.2) is 9.59 Å². The van der Waals surface area contributed by atoms with Crippen molar-refractivity contribution in [3.63, 3.8) is 0 Å². The van der Waals surface area contributed by atoms with E-state index in [-0.39, 0.29) is 37.3 Å². The lowest BCUT2D eigenvalue weighted by atomic mass is 10.2. The van der Waals surface area contributed by atoms with E-state index in [1.807, 2.05) is 6.07 Å². The zero-order valence-electron chi connectivity index (χ0n) is 21.9. The van der Waals surface area contributed by atoms with E-state index in [1.165, 1.54) is 12.1 Å². The van der Waals surface area contributed by atoms with Crippen LogP contribution in [-0.4, -0.2) is 68.2 Å². The lowest BCUT2D eigenvalue weighted by molar-refractivity contribution is -0.163. The van der Waals surface area contributed by atoms with Crippen molar-refractivity contribution in [3.8, 4) is 0 Å². The molecule has 3 N–H and O–H groups in total. The van der Waals surface area contributed by atoms with Gasteiger partial charge in [0.05, 0.1) is 30.2 Å². The smallest absolute Gasteiger partial charge is 0.345 e. The quantitative estimate of drug-likeness (QED) is 0.168. The van der Waals surface area contributed by atoms with Gasteiger partial charge in [0, 0.05) is 26.0 Å². The van der Waals surface area contributed by atoms with Gasteiger partial charge in [0.1, 0.15) is 6.61 Å². The summed E-state index contributed by atoms with van der Waals surface area (Å²) in [6.45, 7) is 0.975. The predicted molar refractivity (Wildman–Crippen MR) is 140 cm³/mol. The first-order valence-corrected chi connectivity index (χ1v) is 12.6. The monoisotopic (exact) mass is 556 g/mol. The molecule has 2 aromatic carbocycles. The van der Waals surface area contributed by atoms with Crippen molar-refractivity contribution in [2.24, 2.45) is 5.73 Å². The van der Waals surface area contributed by atoms with E-state index in [2.05, 4.69) is 14.8 Å². The van der Waals surface area contributed by atoms with Gasteiger partial charge in [0.2, 0.25) is 5.91 Å². The van der Waals surface area contributed by atoms with Gasteiger partial charge in [-0.05, 0) is 37.1 Å². The number of ether oxygens (including phenoxy) is 4. The zero-order chi connectivity index (χ0) is 29.2. The topological polar surface area (TPSA) is 177 Å². The summed E-state index contributed by atoms with van der Waals surface area (Å²) in [7, 11) is 0. The zero-order valence-corrected chi connectivity index (χ0v) is 21.9. The third kappa shape index (κ3) is 12.9. The summed E-state index contributed by atoms with van der Waals surface area (Å²) in [6, 6.07) is 15.5. The van der Waals surface area contributed by atoms with Crippen molar-refractivity contribution in [1.82, 2.24) is 5.32 Å². The number of amides is 1. The molecule has 3 rings (SSSR count). The Kier molecular flexibility index (Phi) is 14.3. The minimum absolute atomic E-state index is 0.120. The molecule has 0 radical (unpaired) electrons. The Morgan fingerprint density at radius 3 is 1.95 bits per heavy atom. The second kappa shape index (κ2) is 18.0. The van der Waals surface area contributed by atoms with Crippen LogP contribution in [0.1, 0.15) is 52.8 Å². The van der Waals surface area contributed by atoms with Crippen LogP contribution in [0.3, 0.4) is 0 Å². The van der Waals surface area contributed by atoms with E-state index in [9.17, 15) is 28.8 Å². The summed E-state index contributed by atoms with van der Waals surface area (Å²) in [5, 5.41) is 2.58. The number of benzene rings is 2. The Morgan fingerprint density at radius 2 is 1.40 bits per heavy atom. The highest BCUT2D eigenvalue weighted by Gasteiger charge is 2.21. The lowest BCUT2D eigenvalue weighted by Crippen LogP contribution is -2.42. The molecule has 0 aromatic heterocycles. The van der Waals surface area contributed by atoms with E-state index in [4.69, 9.17) is 15.2 Å². The van der Waals surface area contributed by atoms with Crippen molar-refractivity contribution >= 4 is 35.8 Å². The summed E-state index contributed by atoms with van der Waals surface area (Å²) in [5.74, 6) is -3.41. The molecule has 1 aliphatic heterocycles. The molecule has 1 aliphatic rings. The van der Waals surface area contributed by atoms with E-state index in [1.54, 1.807) is 42.5 Å². The van der Waals surface area contributed by atoms with Crippen LogP contribution in [0.25, 0.3) is 0 Å². The standard InChI is InChI=1S/C23H26N2O7.C5H6O3/c24-19(16-20(26)32-23(29)18-10-5-2-6-11-18)21(27)25-12-7-13-30-14-15-31-22(28)17-8-3-1-4-9-17;6-4-2-1-3-5(7)8-4/h1-6,8-11,19H,7,12-16,24H2,(H,25,27);1-3H2. The SMILES string of the molecule is NC(CC(=O)OC(=O)c1ccccc1)C(=O)NCCCOCCOC(=O)c1ccccc1.O=C1CCCC(=O)O1. The maximum Gasteiger partial charge on any atom is 0.345 e. The molecular weight excluding hydrogens is 524 g/mol. The molecule has 1 fully saturated rings. The van der Waals surface area contributed by atoms with Crippen LogP contribution in [0.4, 0.5) is 0 Å². The number of cyclic esters (lactones) is 2. The number of nitrogens with two attached hydrogens (primary N) is 1. The molecule has 2 aromatic rings. The summed E-state index contributed by atoms with van der Waals surface area (Å²) in [6.07, 6.45) is 1.52. The fourth-order valence-electron chi connectivity index (χ4n) is 3.13. The van der Waals surface area contributed by atoms with Crippen molar-refractivity contribution in [3.05, 3.63) is 71.8 Å². The second-order valence-electron chi connectivity index (χ2n) is 8.40. The van der Waals surface area contributed by atoms with Crippen LogP contribution in [0.15, 0.2) is 60.7 Å². The van der Waals surface area contributed by atoms with Crippen molar-refractivity contribution in [2.75, 3.05) is 26.4 Å². The Labute approximate surface area is 231 Å². The van der Waals surface area contributed by atoms with Gasteiger partial charge in [-0.2, -0.15) is 0 Å². The highest BCUT2D eigenvalue weighted by Crippen LogP contribution is 2.06. The van der Waals surface area contributed by atoms with Gasteiger partial charge < -0.3 is 30.0 Å². The van der Waals surface area contributed by atoms with Crippen LogP contribution in [0.5, 0.6) is 0 Å². The summed E-state index contributed by atoms with van der Waals surface area (Å²) < 4.78 is 19.3. The van der Waals surface area contributed by atoms with Gasteiger partial charge in [-0.15, -0.1) is 0 Å². The molecule has 1 atom stereocenters. The first kappa shape index (κ1) is 31.8. The van der Waals surface area contributed by atoms with Gasteiger partial charge >= 0.3 is 29.8 Å². The van der Waals surface area contributed by atoms with Crippen LogP contribution in [0.2, 0.25) is 0 Å². The normalized spacial score (nSPS) is 13.1. The van der Waals surface area contributed by atoms with Gasteiger partial charge in [-0.3, -0.25) is 19.2 Å². The molecule has 1 saturated heterocycles. The molecule has 12 nitrogen and oxygen atoms in total. The van der Waals surface area contributed by atoms with Gasteiger partial charge in [-0.1, -0.05) is 36.4 Å². The predicted octanol–water partition coefficient (Wildman–Crippen LogP) is 1.71. The number of hydrogen-bond donors (Lipinski definition) is 2. The first-order valence-electron chi connectivity index (χ1n) is 12.6. The number of carbonyl (C=O) groups excluding carboxylic acids is 6. The minimum Gasteiger partial charge on any atom is -0.460 e. The minimum atomic E-state index is -1.13. The van der Waals surface area contributed by atoms with E-state index >= 15 is 0 Å². The number of carbonyl (C=O) groups is 6. The fourth-order valence-corrected chi connectivity index (χ4v) is 3.13. The fraction of sp³-hybridized carbons (Fsp3) is 0.357. The van der Waals surface area contributed by atoms with Gasteiger partial charge in [0.25, 0.3) is 0 Å². The number of hydrogen-bond acceptors (Lipinski definition) is 11. The molecule has 40 heavy (non-hydrogen) atoms. The first-order chi connectivity index (χ1) is 19.3. The molecule has 1 heterocycles. The Bertz CT molecular complexity index is 1120. The highest BCUT2D eigenvalue weighted by atomic mass is 16.6. The largest absolute Gasteiger partial charge is 0.460 e. The maximum absolute atomic E-state index is 12.0. The van der Waals surface area contributed by atoms with Gasteiger partial charge in [0.15, 0.2) is 0 Å². The third-order valence-electron chi connectivity index (χ3n) is 5.16. The molecule has 214 valence electrons. The molecule has 0 bridgehead atoms. The third-order valence-corrected chi connectivity index (χ3v) is 5.16. The van der Waals surface area contributed by atoms with Crippen LogP contribution in [-0.2, 0) is 38.1 Å². The van der Waals surface area contributed by atoms with Crippen molar-refractivity contribution in [2.45, 2.75) is 38.1 Å². The summed E-state index contributed by atoms with van der Waals surface area (Å²) in [4.78, 5) is 67.8. The number of esters is 5. The summed E-state index contributed by atoms with van der Waals surface area (Å²) >= 11 is 0. The average Bonchev–Trinajstić information content (AvgIpc) is 2.95. The maximum atomic E-state index is 12.0. The molecule has 0 spiro atoms. The average molecular weight is 557 g/mol. The molecule has 0 saturated carbocycles. The van der Waals surface area contributed by atoms with Crippen molar-refractivity contribution < 1.29 is 47.7 Å². The van der Waals surface area contributed by atoms with Crippen molar-refractivity contribution in [1.29, 1.82) is 0 Å². The Hall–Kier alpha value is -4.42. The molecule has 0 aliphatic carbocycles. The van der Waals surface area contributed by atoms with E-state index in [0.29, 0.717) is 37.9 Å². The molecule has 1 unspecified atom stereocenters. The Balaban J connectivity index is 0.000000598. The molecular formula is C28H32N2O10.